The number of nitrogens with zero attached hydrogens (tertiary/aromatic N) is 1. The molecule has 2 aliphatic heterocycles. The highest BCUT2D eigenvalue weighted by Gasteiger charge is 2.72. The number of hydrogen-bond acceptors (Lipinski definition) is 7. The molecule has 0 bridgehead atoms. The van der Waals surface area contributed by atoms with Gasteiger partial charge in [0.05, 0.1) is 18.6 Å². The van der Waals surface area contributed by atoms with Gasteiger partial charge in [0.1, 0.15) is 35.8 Å². The van der Waals surface area contributed by atoms with Crippen molar-refractivity contribution in [2.24, 2.45) is 5.92 Å². The molecule has 1 aromatic rings. The molecule has 2 heterocycles. The second kappa shape index (κ2) is 12.3. The van der Waals surface area contributed by atoms with Crippen LogP contribution in [0.1, 0.15) is 59.4 Å². The second-order valence-electron chi connectivity index (χ2n) is 11.1. The van der Waals surface area contributed by atoms with Gasteiger partial charge in [-0.2, -0.15) is 0 Å². The Morgan fingerprint density at radius 2 is 1.89 bits per heavy atom. The number of benzene rings is 1. The van der Waals surface area contributed by atoms with Crippen molar-refractivity contribution in [3.63, 3.8) is 0 Å². The molecule has 3 aliphatic rings. The summed E-state index contributed by atoms with van der Waals surface area (Å²) in [7, 11) is 1.69. The maximum Gasteiger partial charge on any atom is 0.331 e. The zero-order chi connectivity index (χ0) is 27.3. The molecule has 1 aliphatic carbocycles. The SMILES string of the molecule is CCN(CC)CCOc1ccc(/C=C/C(=O)O[C@@H]2CCC3(CO3)[C@@H](C3(C)OC3CC=C(C)C)[C@@H]2OC)cc1. The Morgan fingerprint density at radius 3 is 2.50 bits per heavy atom. The minimum Gasteiger partial charge on any atom is -0.492 e. The molecule has 7 heteroatoms. The van der Waals surface area contributed by atoms with Crippen LogP contribution in [-0.4, -0.2) is 80.3 Å². The molecule has 1 aromatic carbocycles. The van der Waals surface area contributed by atoms with Crippen molar-refractivity contribution in [3.8, 4) is 5.75 Å². The van der Waals surface area contributed by atoms with E-state index < -0.39 is 0 Å². The molecule has 0 N–H and O–H groups in total. The zero-order valence-corrected chi connectivity index (χ0v) is 23.9. The van der Waals surface area contributed by atoms with E-state index in [0.717, 1.165) is 43.8 Å². The Kier molecular flexibility index (Phi) is 9.35. The molecule has 0 radical (unpaired) electrons. The van der Waals surface area contributed by atoms with Crippen molar-refractivity contribution < 1.29 is 28.5 Å². The summed E-state index contributed by atoms with van der Waals surface area (Å²) in [5.74, 6) is 0.467. The van der Waals surface area contributed by atoms with Crippen molar-refractivity contribution in [1.82, 2.24) is 4.90 Å². The number of methoxy groups -OCH3 is 1. The first-order chi connectivity index (χ1) is 18.2. The van der Waals surface area contributed by atoms with Crippen LogP contribution in [0, 0.1) is 5.92 Å². The number of likely N-dealkylation sites (N-methyl/N-ethyl adjacent to an activating group) is 1. The van der Waals surface area contributed by atoms with E-state index in [1.54, 1.807) is 13.2 Å². The largest absolute Gasteiger partial charge is 0.492 e. The highest BCUT2D eigenvalue weighted by atomic mass is 16.6. The van der Waals surface area contributed by atoms with Crippen molar-refractivity contribution in [2.75, 3.05) is 40.0 Å². The monoisotopic (exact) mass is 527 g/mol. The van der Waals surface area contributed by atoms with Crippen molar-refractivity contribution in [2.45, 2.75) is 83.4 Å². The molecule has 38 heavy (non-hydrogen) atoms. The summed E-state index contributed by atoms with van der Waals surface area (Å²) >= 11 is 0. The molecule has 1 spiro atoms. The predicted octanol–water partition coefficient (Wildman–Crippen LogP) is 5.04. The van der Waals surface area contributed by atoms with E-state index in [0.29, 0.717) is 19.6 Å². The van der Waals surface area contributed by atoms with E-state index in [4.69, 9.17) is 23.7 Å². The fraction of sp³-hybridized carbons (Fsp3) is 0.645. The Labute approximate surface area is 228 Å². The molecular weight excluding hydrogens is 482 g/mol. The van der Waals surface area contributed by atoms with Crippen molar-refractivity contribution >= 4 is 12.0 Å². The van der Waals surface area contributed by atoms with Gasteiger partial charge in [-0.3, -0.25) is 0 Å². The maximum absolute atomic E-state index is 12.8. The number of rotatable bonds is 13. The lowest BCUT2D eigenvalue weighted by atomic mass is 9.68. The molecule has 0 aromatic heterocycles. The summed E-state index contributed by atoms with van der Waals surface area (Å²) in [4.78, 5) is 15.1. The van der Waals surface area contributed by atoms with Gasteiger partial charge >= 0.3 is 5.97 Å². The standard InChI is InChI=1S/C31H45NO6/c1-7-32(8-2)19-20-35-24-13-10-23(11-14-24)12-16-27(33)37-25-17-18-31(21-36-31)29(28(25)34-6)30(5)26(38-30)15-9-22(3)4/h9-14,16,25-26,28-29H,7-8,15,17-21H2,1-6H3/b16-12+/t25-,26?,28-,29-,30?,31?/m1/s1. The lowest BCUT2D eigenvalue weighted by Crippen LogP contribution is -2.55. The summed E-state index contributed by atoms with van der Waals surface area (Å²) in [6, 6.07) is 7.74. The first-order valence-electron chi connectivity index (χ1n) is 14.1. The van der Waals surface area contributed by atoms with E-state index >= 15 is 0 Å². The van der Waals surface area contributed by atoms with Crippen LogP contribution in [0.3, 0.4) is 0 Å². The van der Waals surface area contributed by atoms with Gasteiger partial charge in [-0.05, 0) is 76.9 Å². The molecule has 4 rings (SSSR count). The molecule has 3 fully saturated rings. The fourth-order valence-electron chi connectivity index (χ4n) is 5.93. The summed E-state index contributed by atoms with van der Waals surface area (Å²) < 4.78 is 30.0. The predicted molar refractivity (Wildman–Crippen MR) is 148 cm³/mol. The summed E-state index contributed by atoms with van der Waals surface area (Å²) in [5.41, 5.74) is 1.61. The molecular formula is C31H45NO6. The number of epoxide rings is 2. The van der Waals surface area contributed by atoms with Crippen LogP contribution >= 0.6 is 0 Å². The topological polar surface area (TPSA) is 73.1 Å². The van der Waals surface area contributed by atoms with Crippen molar-refractivity contribution in [1.29, 1.82) is 0 Å². The smallest absolute Gasteiger partial charge is 0.331 e. The molecule has 1 saturated carbocycles. The minimum absolute atomic E-state index is 0.0142. The molecule has 3 unspecified atom stereocenters. The van der Waals surface area contributed by atoms with E-state index in [-0.39, 0.29) is 41.4 Å². The van der Waals surface area contributed by atoms with Gasteiger partial charge in [0.2, 0.25) is 0 Å². The Bertz CT molecular complexity index is 992. The number of hydrogen-bond donors (Lipinski definition) is 0. The summed E-state index contributed by atoms with van der Waals surface area (Å²) in [6.07, 6.45) is 7.40. The molecule has 0 amide bonds. The van der Waals surface area contributed by atoms with E-state index in [1.807, 2.05) is 24.3 Å². The van der Waals surface area contributed by atoms with E-state index in [1.165, 1.54) is 11.6 Å². The minimum atomic E-state index is -0.369. The van der Waals surface area contributed by atoms with Gasteiger partial charge in [0, 0.05) is 19.7 Å². The lowest BCUT2D eigenvalue weighted by molar-refractivity contribution is -0.166. The van der Waals surface area contributed by atoms with Crippen LogP contribution in [0.4, 0.5) is 0 Å². The third kappa shape index (κ3) is 6.68. The normalized spacial score (nSPS) is 32.0. The lowest BCUT2D eigenvalue weighted by Gasteiger charge is -2.42. The number of esters is 1. The number of allylic oxidation sites excluding steroid dienone is 1. The fourth-order valence-corrected chi connectivity index (χ4v) is 5.93. The van der Waals surface area contributed by atoms with Gasteiger partial charge in [-0.15, -0.1) is 0 Å². The zero-order valence-electron chi connectivity index (χ0n) is 23.9. The van der Waals surface area contributed by atoms with Crippen LogP contribution in [0.15, 0.2) is 42.0 Å². The molecule has 210 valence electrons. The average molecular weight is 528 g/mol. The highest BCUT2D eigenvalue weighted by Crippen LogP contribution is 2.59. The van der Waals surface area contributed by atoms with Gasteiger partial charge in [0.25, 0.3) is 0 Å². The van der Waals surface area contributed by atoms with Crippen LogP contribution in [0.2, 0.25) is 0 Å². The van der Waals surface area contributed by atoms with Crippen LogP contribution in [0.5, 0.6) is 5.75 Å². The van der Waals surface area contributed by atoms with Gasteiger partial charge in [-0.1, -0.05) is 37.6 Å². The maximum atomic E-state index is 12.8. The quantitative estimate of drug-likeness (QED) is 0.154. The van der Waals surface area contributed by atoms with Crippen LogP contribution < -0.4 is 4.74 Å². The van der Waals surface area contributed by atoms with Crippen LogP contribution in [-0.2, 0) is 23.7 Å². The number of carbonyl (C=O) groups excluding carboxylic acids is 1. The summed E-state index contributed by atoms with van der Waals surface area (Å²) in [5, 5.41) is 0. The van der Waals surface area contributed by atoms with E-state index in [9.17, 15) is 4.79 Å². The number of ether oxygens (including phenoxy) is 5. The van der Waals surface area contributed by atoms with Crippen LogP contribution in [0.25, 0.3) is 6.08 Å². The highest BCUT2D eigenvalue weighted by molar-refractivity contribution is 5.87. The number of carbonyl (C=O) groups is 1. The third-order valence-electron chi connectivity index (χ3n) is 8.37. The Morgan fingerprint density at radius 1 is 1.18 bits per heavy atom. The Hall–Kier alpha value is -2.19. The Balaban J connectivity index is 1.32. The summed E-state index contributed by atoms with van der Waals surface area (Å²) in [6.45, 7) is 15.0. The van der Waals surface area contributed by atoms with E-state index in [2.05, 4.69) is 45.6 Å². The second-order valence-corrected chi connectivity index (χ2v) is 11.1. The van der Waals surface area contributed by atoms with Gasteiger partial charge < -0.3 is 28.6 Å². The van der Waals surface area contributed by atoms with Gasteiger partial charge in [0.15, 0.2) is 0 Å². The van der Waals surface area contributed by atoms with Gasteiger partial charge in [-0.25, -0.2) is 4.79 Å². The first-order valence-corrected chi connectivity index (χ1v) is 14.1. The molecule has 6 atom stereocenters. The first kappa shape index (κ1) is 28.8. The molecule has 2 saturated heterocycles. The average Bonchev–Trinajstić information content (AvgIpc) is 3.82. The third-order valence-corrected chi connectivity index (χ3v) is 8.37. The molecule has 7 nitrogen and oxygen atoms in total. The van der Waals surface area contributed by atoms with Crippen molar-refractivity contribution in [3.05, 3.63) is 47.6 Å².